The van der Waals surface area contributed by atoms with Crippen LogP contribution in [0.15, 0.2) is 12.1 Å². The molecular weight excluding hydrogens is 226 g/mol. The fraction of sp³-hybridized carbons (Fsp3) is 0.600. The molecule has 0 unspecified atom stereocenters. The van der Waals surface area contributed by atoms with Crippen LogP contribution < -0.4 is 14.8 Å². The van der Waals surface area contributed by atoms with Crippen LogP contribution in [0.2, 0.25) is 0 Å². The topological polar surface area (TPSA) is 30.5 Å². The summed E-state index contributed by atoms with van der Waals surface area (Å²) in [6, 6.07) is 4.20. The van der Waals surface area contributed by atoms with E-state index in [4.69, 9.17) is 9.47 Å². The van der Waals surface area contributed by atoms with Crippen molar-refractivity contribution in [1.29, 1.82) is 0 Å². The molecule has 1 heterocycles. The minimum Gasteiger partial charge on any atom is -0.496 e. The van der Waals surface area contributed by atoms with E-state index < -0.39 is 0 Å². The van der Waals surface area contributed by atoms with E-state index in [1.54, 1.807) is 14.2 Å². The molecule has 1 aliphatic rings. The maximum atomic E-state index is 5.56. The highest BCUT2D eigenvalue weighted by Gasteiger charge is 2.17. The highest BCUT2D eigenvalue weighted by Crippen LogP contribution is 2.33. The normalized spacial score (nSPS) is 16.6. The van der Waals surface area contributed by atoms with Gasteiger partial charge < -0.3 is 14.8 Å². The quantitative estimate of drug-likeness (QED) is 0.889. The molecule has 100 valence electrons. The predicted octanol–water partition coefficient (Wildman–Crippen LogP) is 2.55. The van der Waals surface area contributed by atoms with Crippen LogP contribution in [-0.4, -0.2) is 27.3 Å². The second kappa shape index (κ2) is 6.10. The Morgan fingerprint density at radius 2 is 1.89 bits per heavy atom. The molecule has 0 saturated carbocycles. The first-order chi connectivity index (χ1) is 8.76. The van der Waals surface area contributed by atoms with Gasteiger partial charge in [-0.3, -0.25) is 0 Å². The smallest absolute Gasteiger partial charge is 0.128 e. The van der Waals surface area contributed by atoms with Gasteiger partial charge in [-0.1, -0.05) is 6.07 Å². The third-order valence-electron chi connectivity index (χ3n) is 3.83. The Kier molecular flexibility index (Phi) is 4.48. The van der Waals surface area contributed by atoms with E-state index in [2.05, 4.69) is 18.3 Å². The molecule has 3 heteroatoms. The van der Waals surface area contributed by atoms with Crippen molar-refractivity contribution in [3.63, 3.8) is 0 Å². The minimum atomic E-state index is 0.771. The first-order valence-electron chi connectivity index (χ1n) is 6.67. The molecule has 0 aromatic heterocycles. The van der Waals surface area contributed by atoms with Crippen LogP contribution in [0.25, 0.3) is 0 Å². The van der Waals surface area contributed by atoms with Gasteiger partial charge in [0.1, 0.15) is 11.5 Å². The largest absolute Gasteiger partial charge is 0.496 e. The average molecular weight is 249 g/mol. The lowest BCUT2D eigenvalue weighted by molar-refractivity contribution is 0.356. The summed E-state index contributed by atoms with van der Waals surface area (Å²) < 4.78 is 10.9. The first kappa shape index (κ1) is 13.2. The lowest BCUT2D eigenvalue weighted by atomic mass is 9.90. The summed E-state index contributed by atoms with van der Waals surface area (Å²) in [7, 11) is 3.45. The van der Waals surface area contributed by atoms with Crippen LogP contribution in [0.1, 0.15) is 24.0 Å². The van der Waals surface area contributed by atoms with Gasteiger partial charge in [-0.2, -0.15) is 0 Å². The number of piperidine rings is 1. The lowest BCUT2D eigenvalue weighted by Crippen LogP contribution is -2.28. The number of ether oxygens (including phenoxy) is 2. The monoisotopic (exact) mass is 249 g/mol. The summed E-state index contributed by atoms with van der Waals surface area (Å²) in [6.07, 6.45) is 3.62. The van der Waals surface area contributed by atoms with Gasteiger partial charge in [-0.05, 0) is 56.8 Å². The fourth-order valence-corrected chi connectivity index (χ4v) is 2.79. The van der Waals surface area contributed by atoms with Gasteiger partial charge in [0.25, 0.3) is 0 Å². The van der Waals surface area contributed by atoms with Gasteiger partial charge in [0.2, 0.25) is 0 Å². The Bertz CT molecular complexity index is 398. The number of nitrogens with one attached hydrogen (secondary N) is 1. The number of rotatable bonds is 4. The Labute approximate surface area is 109 Å². The Morgan fingerprint density at radius 1 is 1.17 bits per heavy atom. The second-order valence-electron chi connectivity index (χ2n) is 4.98. The Balaban J connectivity index is 2.18. The molecule has 1 fully saturated rings. The molecule has 1 saturated heterocycles. The Morgan fingerprint density at radius 3 is 2.50 bits per heavy atom. The van der Waals surface area contributed by atoms with Crippen molar-refractivity contribution in [3.05, 3.63) is 23.3 Å². The van der Waals surface area contributed by atoms with E-state index in [1.165, 1.54) is 18.4 Å². The van der Waals surface area contributed by atoms with Gasteiger partial charge in [0.05, 0.1) is 14.2 Å². The van der Waals surface area contributed by atoms with Gasteiger partial charge in [-0.25, -0.2) is 0 Å². The maximum Gasteiger partial charge on any atom is 0.128 e. The predicted molar refractivity (Wildman–Crippen MR) is 73.6 cm³/mol. The molecule has 0 amide bonds. The first-order valence-corrected chi connectivity index (χ1v) is 6.67. The third kappa shape index (κ3) is 2.78. The minimum absolute atomic E-state index is 0.771. The van der Waals surface area contributed by atoms with E-state index in [9.17, 15) is 0 Å². The second-order valence-corrected chi connectivity index (χ2v) is 4.98. The molecule has 0 radical (unpaired) electrons. The van der Waals surface area contributed by atoms with E-state index in [0.717, 1.165) is 42.5 Å². The van der Waals surface area contributed by atoms with E-state index in [0.29, 0.717) is 0 Å². The summed E-state index contributed by atoms with van der Waals surface area (Å²) in [5, 5.41) is 3.41. The molecule has 0 bridgehead atoms. The molecule has 3 nitrogen and oxygen atoms in total. The lowest BCUT2D eigenvalue weighted by Gasteiger charge is -2.24. The highest BCUT2D eigenvalue weighted by atomic mass is 16.5. The van der Waals surface area contributed by atoms with Crippen molar-refractivity contribution < 1.29 is 9.47 Å². The van der Waals surface area contributed by atoms with Crippen LogP contribution >= 0.6 is 0 Å². The van der Waals surface area contributed by atoms with Gasteiger partial charge in [0.15, 0.2) is 0 Å². The van der Waals surface area contributed by atoms with Crippen molar-refractivity contribution in [2.24, 2.45) is 5.92 Å². The molecule has 18 heavy (non-hydrogen) atoms. The summed E-state index contributed by atoms with van der Waals surface area (Å²) in [4.78, 5) is 0. The standard InChI is InChI=1S/C15H23NO2/c1-11-14(17-2)5-4-13(15(11)18-3)10-12-6-8-16-9-7-12/h4-5,12,16H,6-10H2,1-3H3. The van der Waals surface area contributed by atoms with E-state index in [1.807, 2.05) is 6.07 Å². The van der Waals surface area contributed by atoms with Gasteiger partial charge in [0, 0.05) is 5.56 Å². The van der Waals surface area contributed by atoms with Crippen molar-refractivity contribution in [2.75, 3.05) is 27.3 Å². The molecule has 0 atom stereocenters. The number of methoxy groups -OCH3 is 2. The van der Waals surface area contributed by atoms with Crippen LogP contribution in [0.5, 0.6) is 11.5 Å². The summed E-state index contributed by atoms with van der Waals surface area (Å²) >= 11 is 0. The van der Waals surface area contributed by atoms with Crippen LogP contribution in [0.3, 0.4) is 0 Å². The zero-order chi connectivity index (χ0) is 13.0. The summed E-state index contributed by atoms with van der Waals surface area (Å²) in [5.41, 5.74) is 2.41. The maximum absolute atomic E-state index is 5.56. The average Bonchev–Trinajstić information content (AvgIpc) is 2.40. The molecule has 1 N–H and O–H groups in total. The third-order valence-corrected chi connectivity index (χ3v) is 3.83. The molecule has 1 aliphatic heterocycles. The summed E-state index contributed by atoms with van der Waals surface area (Å²) in [6.45, 7) is 4.34. The van der Waals surface area contributed by atoms with E-state index >= 15 is 0 Å². The van der Waals surface area contributed by atoms with Crippen LogP contribution in [-0.2, 0) is 6.42 Å². The number of hydrogen-bond donors (Lipinski definition) is 1. The van der Waals surface area contributed by atoms with Crippen molar-refractivity contribution in [1.82, 2.24) is 5.32 Å². The van der Waals surface area contributed by atoms with Crippen LogP contribution in [0.4, 0.5) is 0 Å². The van der Waals surface area contributed by atoms with Crippen molar-refractivity contribution in [3.8, 4) is 11.5 Å². The van der Waals surface area contributed by atoms with Crippen molar-refractivity contribution in [2.45, 2.75) is 26.2 Å². The molecule has 1 aromatic rings. The zero-order valence-corrected chi connectivity index (χ0v) is 11.6. The molecule has 2 rings (SSSR count). The number of hydrogen-bond acceptors (Lipinski definition) is 3. The SMILES string of the molecule is COc1ccc(CC2CCNCC2)c(OC)c1C. The highest BCUT2D eigenvalue weighted by molar-refractivity contribution is 5.49. The fourth-order valence-electron chi connectivity index (χ4n) is 2.79. The Hall–Kier alpha value is -1.22. The molecule has 0 aliphatic carbocycles. The molecular formula is C15H23NO2. The summed E-state index contributed by atoms with van der Waals surface area (Å²) in [5.74, 6) is 2.67. The molecule has 0 spiro atoms. The van der Waals surface area contributed by atoms with Gasteiger partial charge >= 0.3 is 0 Å². The van der Waals surface area contributed by atoms with E-state index in [-0.39, 0.29) is 0 Å². The van der Waals surface area contributed by atoms with Crippen LogP contribution in [0, 0.1) is 12.8 Å². The zero-order valence-electron chi connectivity index (χ0n) is 11.6. The molecule has 1 aromatic carbocycles. The van der Waals surface area contributed by atoms with Gasteiger partial charge in [-0.15, -0.1) is 0 Å². The van der Waals surface area contributed by atoms with Crippen molar-refractivity contribution >= 4 is 0 Å². The number of benzene rings is 1.